The highest BCUT2D eigenvalue weighted by molar-refractivity contribution is 6.09. The molecular formula is C25H25F3N2O2. The van der Waals surface area contributed by atoms with E-state index >= 15 is 0 Å². The van der Waals surface area contributed by atoms with Gasteiger partial charge in [-0.1, -0.05) is 49.6 Å². The average molecular weight is 442 g/mol. The van der Waals surface area contributed by atoms with Crippen LogP contribution in [0, 0.1) is 19.3 Å². The van der Waals surface area contributed by atoms with Crippen LogP contribution >= 0.6 is 0 Å². The predicted molar refractivity (Wildman–Crippen MR) is 117 cm³/mol. The fourth-order valence-electron chi connectivity index (χ4n) is 4.10. The van der Waals surface area contributed by atoms with Crippen LogP contribution in [0.3, 0.4) is 0 Å². The van der Waals surface area contributed by atoms with E-state index in [9.17, 15) is 22.8 Å². The topological polar surface area (TPSA) is 49.4 Å². The number of halogens is 3. The van der Waals surface area contributed by atoms with Gasteiger partial charge in [-0.15, -0.1) is 6.42 Å². The normalized spacial score (nSPS) is 15.5. The van der Waals surface area contributed by atoms with E-state index in [1.165, 1.54) is 12.1 Å². The molecule has 1 N–H and O–H groups in total. The Morgan fingerprint density at radius 3 is 2.41 bits per heavy atom. The van der Waals surface area contributed by atoms with E-state index in [0.29, 0.717) is 5.56 Å². The number of hydrogen-bond donors (Lipinski definition) is 1. The van der Waals surface area contributed by atoms with E-state index in [1.807, 2.05) is 5.92 Å². The molecular weight excluding hydrogens is 417 g/mol. The molecule has 2 aromatic rings. The van der Waals surface area contributed by atoms with Gasteiger partial charge in [0.05, 0.1) is 5.56 Å². The molecule has 1 aliphatic rings. The summed E-state index contributed by atoms with van der Waals surface area (Å²) in [6.45, 7) is 1.78. The molecule has 0 aliphatic heterocycles. The summed E-state index contributed by atoms with van der Waals surface area (Å²) in [4.78, 5) is 27.3. The number of amides is 2. The van der Waals surface area contributed by atoms with Crippen LogP contribution in [-0.2, 0) is 15.8 Å². The number of nitrogens with one attached hydrogen (secondary N) is 1. The average Bonchev–Trinajstić information content (AvgIpc) is 2.77. The maximum absolute atomic E-state index is 13.5. The van der Waals surface area contributed by atoms with Crippen LogP contribution < -0.4 is 10.2 Å². The summed E-state index contributed by atoms with van der Waals surface area (Å²) in [5.41, 5.74) is 0.204. The van der Waals surface area contributed by atoms with E-state index in [-0.39, 0.29) is 11.7 Å². The van der Waals surface area contributed by atoms with Crippen LogP contribution in [0.5, 0.6) is 0 Å². The van der Waals surface area contributed by atoms with Crippen LogP contribution in [-0.4, -0.2) is 17.9 Å². The standard InChI is InChI=1S/C25H25F3N2O2/c1-3-22(31)30(20-14-9-11-18(16-20)25(26,27)28)23(21-15-8-7-10-17(21)2)24(32)29-19-12-5-4-6-13-19/h1,7-11,14-16,19,23H,4-6,12-13H2,2H3,(H,29,32). The lowest BCUT2D eigenvalue weighted by molar-refractivity contribution is -0.137. The van der Waals surface area contributed by atoms with Crippen molar-refractivity contribution in [1.29, 1.82) is 0 Å². The van der Waals surface area contributed by atoms with Gasteiger partial charge in [-0.25, -0.2) is 0 Å². The highest BCUT2D eigenvalue weighted by Gasteiger charge is 2.36. The lowest BCUT2D eigenvalue weighted by atomic mass is 9.93. The van der Waals surface area contributed by atoms with E-state index in [1.54, 1.807) is 31.2 Å². The summed E-state index contributed by atoms with van der Waals surface area (Å²) in [6, 6.07) is 10.0. The predicted octanol–water partition coefficient (Wildman–Crippen LogP) is 5.17. The molecule has 3 rings (SSSR count). The molecule has 4 nitrogen and oxygen atoms in total. The SMILES string of the molecule is C#CC(=O)N(c1cccc(C(F)(F)F)c1)C(C(=O)NC1CCCCC1)c1ccccc1C. The summed E-state index contributed by atoms with van der Waals surface area (Å²) in [5, 5.41) is 3.00. The lowest BCUT2D eigenvalue weighted by Crippen LogP contribution is -2.47. The summed E-state index contributed by atoms with van der Waals surface area (Å²) >= 11 is 0. The second-order valence-electron chi connectivity index (χ2n) is 7.97. The molecule has 168 valence electrons. The molecule has 2 aromatic carbocycles. The van der Waals surface area contributed by atoms with Crippen LogP contribution in [0.4, 0.5) is 18.9 Å². The van der Waals surface area contributed by atoms with Gasteiger partial charge in [0.25, 0.3) is 0 Å². The first-order valence-corrected chi connectivity index (χ1v) is 10.6. The Kier molecular flexibility index (Phi) is 7.24. The second kappa shape index (κ2) is 9.90. The number of carbonyl (C=O) groups excluding carboxylic acids is 2. The molecule has 0 bridgehead atoms. The summed E-state index contributed by atoms with van der Waals surface area (Å²) in [5.74, 6) is 0.618. The van der Waals surface area contributed by atoms with Crippen molar-refractivity contribution in [2.24, 2.45) is 0 Å². The quantitative estimate of drug-likeness (QED) is 0.650. The number of alkyl halides is 3. The number of nitrogens with zero attached hydrogens (tertiary/aromatic N) is 1. The largest absolute Gasteiger partial charge is 0.416 e. The highest BCUT2D eigenvalue weighted by atomic mass is 19.4. The first kappa shape index (κ1) is 23.4. The van der Waals surface area contributed by atoms with Crippen molar-refractivity contribution in [2.75, 3.05) is 4.90 Å². The molecule has 0 aromatic heterocycles. The van der Waals surface area contributed by atoms with Crippen molar-refractivity contribution in [1.82, 2.24) is 5.32 Å². The molecule has 0 spiro atoms. The molecule has 1 saturated carbocycles. The Morgan fingerprint density at radius 1 is 1.09 bits per heavy atom. The van der Waals surface area contributed by atoms with Gasteiger partial charge in [-0.2, -0.15) is 13.2 Å². The van der Waals surface area contributed by atoms with E-state index in [4.69, 9.17) is 6.42 Å². The van der Waals surface area contributed by atoms with Crippen molar-refractivity contribution >= 4 is 17.5 Å². The summed E-state index contributed by atoms with van der Waals surface area (Å²) in [7, 11) is 0. The highest BCUT2D eigenvalue weighted by Crippen LogP contribution is 2.35. The Hall–Kier alpha value is -3.27. The summed E-state index contributed by atoms with van der Waals surface area (Å²) in [6.07, 6.45) is 5.48. The molecule has 2 amide bonds. The van der Waals surface area contributed by atoms with Gasteiger partial charge in [-0.3, -0.25) is 14.5 Å². The van der Waals surface area contributed by atoms with E-state index < -0.39 is 29.6 Å². The fraction of sp³-hybridized carbons (Fsp3) is 0.360. The van der Waals surface area contributed by atoms with Crippen molar-refractivity contribution in [3.8, 4) is 12.3 Å². The number of carbonyl (C=O) groups is 2. The minimum Gasteiger partial charge on any atom is -0.351 e. The van der Waals surface area contributed by atoms with Crippen molar-refractivity contribution in [3.05, 3.63) is 65.2 Å². The Bertz CT molecular complexity index is 1020. The van der Waals surface area contributed by atoms with Crippen LogP contribution in [0.2, 0.25) is 0 Å². The first-order valence-electron chi connectivity index (χ1n) is 10.6. The van der Waals surface area contributed by atoms with Crippen LogP contribution in [0.15, 0.2) is 48.5 Å². The van der Waals surface area contributed by atoms with Crippen molar-refractivity contribution in [3.63, 3.8) is 0 Å². The van der Waals surface area contributed by atoms with Crippen LogP contribution in [0.1, 0.15) is 54.8 Å². The number of anilines is 1. The van der Waals surface area contributed by atoms with Gasteiger partial charge in [0.15, 0.2) is 0 Å². The lowest BCUT2D eigenvalue weighted by Gasteiger charge is -2.33. The third kappa shape index (κ3) is 5.31. The van der Waals surface area contributed by atoms with Crippen LogP contribution in [0.25, 0.3) is 0 Å². The Morgan fingerprint density at radius 2 is 1.78 bits per heavy atom. The first-order chi connectivity index (χ1) is 15.2. The zero-order valence-electron chi connectivity index (χ0n) is 17.8. The van der Waals surface area contributed by atoms with Gasteiger partial charge in [0, 0.05) is 11.7 Å². The number of aryl methyl sites for hydroxylation is 1. The Balaban J connectivity index is 2.10. The Labute approximate surface area is 185 Å². The zero-order valence-corrected chi connectivity index (χ0v) is 17.8. The van der Waals surface area contributed by atoms with Gasteiger partial charge in [-0.05, 0) is 55.0 Å². The number of hydrogen-bond acceptors (Lipinski definition) is 2. The minimum absolute atomic E-state index is 0.0490. The number of rotatable bonds is 5. The molecule has 0 saturated heterocycles. The van der Waals surface area contributed by atoms with Gasteiger partial charge in [0.1, 0.15) is 6.04 Å². The number of terminal acetylenes is 1. The van der Waals surface area contributed by atoms with Crippen molar-refractivity contribution in [2.45, 2.75) is 57.3 Å². The van der Waals surface area contributed by atoms with E-state index in [2.05, 4.69) is 5.32 Å². The molecule has 32 heavy (non-hydrogen) atoms. The molecule has 1 aliphatic carbocycles. The molecule has 1 atom stereocenters. The van der Waals surface area contributed by atoms with E-state index in [0.717, 1.165) is 54.7 Å². The second-order valence-corrected chi connectivity index (χ2v) is 7.97. The zero-order chi connectivity index (χ0) is 23.3. The molecule has 1 fully saturated rings. The fourth-order valence-corrected chi connectivity index (χ4v) is 4.10. The molecule has 1 unspecified atom stereocenters. The molecule has 7 heteroatoms. The maximum Gasteiger partial charge on any atom is 0.416 e. The number of benzene rings is 2. The van der Waals surface area contributed by atoms with Gasteiger partial charge >= 0.3 is 12.1 Å². The monoisotopic (exact) mass is 442 g/mol. The van der Waals surface area contributed by atoms with Crippen molar-refractivity contribution < 1.29 is 22.8 Å². The third-order valence-corrected chi connectivity index (χ3v) is 5.74. The third-order valence-electron chi connectivity index (χ3n) is 5.74. The minimum atomic E-state index is -4.61. The van der Waals surface area contributed by atoms with Gasteiger partial charge in [0.2, 0.25) is 5.91 Å². The molecule has 0 heterocycles. The van der Waals surface area contributed by atoms with Gasteiger partial charge < -0.3 is 5.32 Å². The smallest absolute Gasteiger partial charge is 0.351 e. The summed E-state index contributed by atoms with van der Waals surface area (Å²) < 4.78 is 40.0. The maximum atomic E-state index is 13.5. The molecule has 0 radical (unpaired) electrons.